The molecule has 230 valence electrons. The summed E-state index contributed by atoms with van der Waals surface area (Å²) in [5.41, 5.74) is 14.7. The van der Waals surface area contributed by atoms with E-state index in [0.717, 1.165) is 0 Å². The fourth-order valence-electron chi connectivity index (χ4n) is 8.78. The maximum Gasteiger partial charge on any atom is 0.0714 e. The Labute approximate surface area is 286 Å². The maximum atomic E-state index is 2.50. The van der Waals surface area contributed by atoms with Crippen molar-refractivity contribution in [3.8, 4) is 27.9 Å². The predicted octanol–water partition coefficient (Wildman–Crippen LogP) is 12.3. The first-order valence-corrected chi connectivity index (χ1v) is 17.1. The van der Waals surface area contributed by atoms with E-state index in [1.54, 1.807) is 0 Å². The Kier molecular flexibility index (Phi) is 6.07. The molecule has 49 heavy (non-hydrogen) atoms. The lowest BCUT2D eigenvalue weighted by molar-refractivity contribution is 0.767. The third kappa shape index (κ3) is 3.87. The first kappa shape index (κ1) is 27.9. The van der Waals surface area contributed by atoms with Crippen molar-refractivity contribution in [1.29, 1.82) is 0 Å². The molecule has 1 aromatic heterocycles. The largest absolute Gasteiger partial charge is 0.309 e. The molecule has 0 unspecified atom stereocenters. The van der Waals surface area contributed by atoms with Gasteiger partial charge in [0.25, 0.3) is 0 Å². The molecule has 0 saturated carbocycles. The number of aryl methyl sites for hydroxylation is 1. The van der Waals surface area contributed by atoms with Gasteiger partial charge < -0.3 is 4.57 Å². The summed E-state index contributed by atoms with van der Waals surface area (Å²) in [6.45, 7) is 2.22. The highest BCUT2D eigenvalue weighted by molar-refractivity contribution is 6.24. The first-order chi connectivity index (χ1) is 24.2. The molecule has 0 amide bonds. The fraction of sp³-hybridized carbons (Fsp3) is 0.0417. The number of hydrogen-bond acceptors (Lipinski definition) is 0. The zero-order chi connectivity index (χ0) is 32.5. The van der Waals surface area contributed by atoms with Gasteiger partial charge in [-0.1, -0.05) is 158 Å². The minimum absolute atomic E-state index is 0.456. The Balaban J connectivity index is 1.34. The molecule has 0 atom stereocenters. The van der Waals surface area contributed by atoms with Gasteiger partial charge in [-0.15, -0.1) is 0 Å². The van der Waals surface area contributed by atoms with Crippen LogP contribution in [0.3, 0.4) is 0 Å². The molecular formula is C48H33N. The van der Waals surface area contributed by atoms with Gasteiger partial charge in [-0.2, -0.15) is 0 Å². The smallest absolute Gasteiger partial charge is 0.0714 e. The van der Waals surface area contributed by atoms with Crippen molar-refractivity contribution in [3.05, 3.63) is 210 Å². The molecular weight excluding hydrogens is 591 g/mol. The highest BCUT2D eigenvalue weighted by atomic mass is 15.0. The van der Waals surface area contributed by atoms with Crippen molar-refractivity contribution in [2.75, 3.05) is 0 Å². The average molecular weight is 624 g/mol. The lowest BCUT2D eigenvalue weighted by Gasteiger charge is -2.34. The Morgan fingerprint density at radius 1 is 0.388 bits per heavy atom. The second kappa shape index (κ2) is 10.7. The topological polar surface area (TPSA) is 4.93 Å². The van der Waals surface area contributed by atoms with Gasteiger partial charge in [-0.25, -0.2) is 0 Å². The van der Waals surface area contributed by atoms with Crippen LogP contribution in [0, 0.1) is 6.92 Å². The van der Waals surface area contributed by atoms with Gasteiger partial charge in [0.05, 0.1) is 16.4 Å². The summed E-state index contributed by atoms with van der Waals surface area (Å²) in [7, 11) is 0. The van der Waals surface area contributed by atoms with E-state index in [4.69, 9.17) is 0 Å². The summed E-state index contributed by atoms with van der Waals surface area (Å²) in [6, 6.07) is 67.3. The average Bonchev–Trinajstić information content (AvgIpc) is 3.66. The number of para-hydroxylation sites is 1. The van der Waals surface area contributed by atoms with Crippen molar-refractivity contribution in [2.24, 2.45) is 0 Å². The number of fused-ring (bicyclic) bond motifs is 8. The molecule has 0 spiro atoms. The number of aromatic nitrogens is 1. The van der Waals surface area contributed by atoms with E-state index < -0.39 is 5.41 Å². The van der Waals surface area contributed by atoms with Crippen LogP contribution < -0.4 is 0 Å². The van der Waals surface area contributed by atoms with Crippen LogP contribution in [0.2, 0.25) is 0 Å². The zero-order valence-corrected chi connectivity index (χ0v) is 27.3. The van der Waals surface area contributed by atoms with E-state index in [1.807, 2.05) is 0 Å². The second-order valence-electron chi connectivity index (χ2n) is 13.3. The molecule has 0 aliphatic heterocycles. The molecule has 1 heteroatoms. The minimum Gasteiger partial charge on any atom is -0.309 e. The van der Waals surface area contributed by atoms with Gasteiger partial charge in [-0.05, 0) is 92.0 Å². The van der Waals surface area contributed by atoms with Crippen molar-refractivity contribution in [3.63, 3.8) is 0 Å². The van der Waals surface area contributed by atoms with Gasteiger partial charge in [0.1, 0.15) is 0 Å². The Morgan fingerprint density at radius 3 is 1.69 bits per heavy atom. The molecule has 8 aromatic carbocycles. The second-order valence-corrected chi connectivity index (χ2v) is 13.3. The van der Waals surface area contributed by atoms with Gasteiger partial charge in [-0.3, -0.25) is 0 Å². The number of rotatable bonds is 4. The molecule has 1 aliphatic rings. The molecule has 1 aliphatic carbocycles. The van der Waals surface area contributed by atoms with Crippen LogP contribution in [-0.4, -0.2) is 4.57 Å². The van der Waals surface area contributed by atoms with Crippen LogP contribution >= 0.6 is 0 Å². The molecule has 0 saturated heterocycles. The number of benzene rings is 8. The SMILES string of the molecule is Cc1ccccc1-c1cc2c(c3ccccc13)c1ccccc1n2-c1ccc2c(c1)C(c1ccccc1)(c1ccccc1)c1ccccc1-2. The minimum atomic E-state index is -0.456. The van der Waals surface area contributed by atoms with E-state index in [1.165, 1.54) is 88.3 Å². The fourth-order valence-corrected chi connectivity index (χ4v) is 8.78. The normalized spacial score (nSPS) is 13.2. The van der Waals surface area contributed by atoms with Gasteiger partial charge >= 0.3 is 0 Å². The summed E-state index contributed by atoms with van der Waals surface area (Å²) in [4.78, 5) is 0. The molecule has 1 nitrogen and oxygen atoms in total. The third-order valence-corrected chi connectivity index (χ3v) is 10.8. The predicted molar refractivity (Wildman–Crippen MR) is 206 cm³/mol. The summed E-state index contributed by atoms with van der Waals surface area (Å²) >= 11 is 0. The van der Waals surface area contributed by atoms with E-state index >= 15 is 0 Å². The summed E-state index contributed by atoms with van der Waals surface area (Å²) in [5.74, 6) is 0. The van der Waals surface area contributed by atoms with Crippen LogP contribution in [0.4, 0.5) is 0 Å². The third-order valence-electron chi connectivity index (χ3n) is 10.8. The zero-order valence-electron chi connectivity index (χ0n) is 27.3. The summed E-state index contributed by atoms with van der Waals surface area (Å²) < 4.78 is 2.50. The van der Waals surface area contributed by atoms with Crippen molar-refractivity contribution in [2.45, 2.75) is 12.3 Å². The van der Waals surface area contributed by atoms with Crippen LogP contribution in [0.25, 0.3) is 60.5 Å². The van der Waals surface area contributed by atoms with Crippen LogP contribution in [-0.2, 0) is 5.41 Å². The number of hydrogen-bond donors (Lipinski definition) is 0. The van der Waals surface area contributed by atoms with E-state index in [9.17, 15) is 0 Å². The standard InChI is InChI=1S/C48H33N/c1-32-16-8-9-21-36(32)42-31-46-47(40-24-11-10-22-37(40)42)41-25-13-15-27-45(41)49(46)35-28-29-39-38-23-12-14-26-43(38)48(44(39)30-35,33-17-4-2-5-18-33)34-19-6-3-7-20-34/h2-31H,1H3. The summed E-state index contributed by atoms with van der Waals surface area (Å²) in [6.07, 6.45) is 0. The van der Waals surface area contributed by atoms with Crippen LogP contribution in [0.5, 0.6) is 0 Å². The molecule has 0 N–H and O–H groups in total. The molecule has 0 bridgehead atoms. The summed E-state index contributed by atoms with van der Waals surface area (Å²) in [5, 5.41) is 5.13. The van der Waals surface area contributed by atoms with Crippen molar-refractivity contribution >= 4 is 32.6 Å². The van der Waals surface area contributed by atoms with E-state index in [-0.39, 0.29) is 0 Å². The molecule has 0 radical (unpaired) electrons. The first-order valence-electron chi connectivity index (χ1n) is 17.1. The Morgan fingerprint density at radius 2 is 0.959 bits per heavy atom. The Bertz CT molecular complexity index is 2670. The highest BCUT2D eigenvalue weighted by Crippen LogP contribution is 2.56. The monoisotopic (exact) mass is 623 g/mol. The molecule has 10 rings (SSSR count). The van der Waals surface area contributed by atoms with E-state index in [2.05, 4.69) is 193 Å². The van der Waals surface area contributed by atoms with Gasteiger partial charge in [0.2, 0.25) is 0 Å². The maximum absolute atomic E-state index is 2.50. The van der Waals surface area contributed by atoms with Crippen LogP contribution in [0.15, 0.2) is 182 Å². The lowest BCUT2D eigenvalue weighted by atomic mass is 9.67. The van der Waals surface area contributed by atoms with Crippen molar-refractivity contribution in [1.82, 2.24) is 4.57 Å². The quantitative estimate of drug-likeness (QED) is 0.184. The van der Waals surface area contributed by atoms with Gasteiger partial charge in [0, 0.05) is 16.5 Å². The highest BCUT2D eigenvalue weighted by Gasteiger charge is 2.46. The molecule has 1 heterocycles. The van der Waals surface area contributed by atoms with E-state index in [0.29, 0.717) is 0 Å². The molecule has 0 fully saturated rings. The lowest BCUT2D eigenvalue weighted by Crippen LogP contribution is -2.28. The Hall–Kier alpha value is -6.18. The van der Waals surface area contributed by atoms with Crippen molar-refractivity contribution < 1.29 is 0 Å². The molecule has 9 aromatic rings. The van der Waals surface area contributed by atoms with Crippen LogP contribution in [0.1, 0.15) is 27.8 Å². The van der Waals surface area contributed by atoms with Gasteiger partial charge in [0.15, 0.2) is 0 Å². The number of nitrogens with zero attached hydrogens (tertiary/aromatic N) is 1.